The SMILES string of the molecule is CCCCCCC[C@@H]1CCc2c(ccc3ccc(F)cc23)[C@H]1c1ccc(OC(F)(F)F)c(F)c1. The largest absolute Gasteiger partial charge is 0.573 e. The van der Waals surface area contributed by atoms with E-state index in [1.807, 2.05) is 12.1 Å². The smallest absolute Gasteiger partial charge is 0.403 e. The van der Waals surface area contributed by atoms with Crippen molar-refractivity contribution in [3.05, 3.63) is 76.9 Å². The highest BCUT2D eigenvalue weighted by atomic mass is 19.4. The molecule has 3 aromatic carbocycles. The monoisotopic (exact) mass is 476 g/mol. The Hall–Kier alpha value is -2.63. The van der Waals surface area contributed by atoms with Gasteiger partial charge in [0.15, 0.2) is 11.6 Å². The van der Waals surface area contributed by atoms with Crippen molar-refractivity contribution in [2.24, 2.45) is 5.92 Å². The van der Waals surface area contributed by atoms with Crippen LogP contribution in [0.2, 0.25) is 0 Å². The van der Waals surface area contributed by atoms with Crippen LogP contribution in [0.5, 0.6) is 5.75 Å². The van der Waals surface area contributed by atoms with Crippen LogP contribution in [0.3, 0.4) is 0 Å². The van der Waals surface area contributed by atoms with Gasteiger partial charge in [0.1, 0.15) is 5.82 Å². The minimum Gasteiger partial charge on any atom is -0.403 e. The van der Waals surface area contributed by atoms with Crippen LogP contribution in [0.4, 0.5) is 22.0 Å². The summed E-state index contributed by atoms with van der Waals surface area (Å²) in [7, 11) is 0. The highest BCUT2D eigenvalue weighted by Crippen LogP contribution is 2.46. The van der Waals surface area contributed by atoms with E-state index in [1.165, 1.54) is 37.1 Å². The van der Waals surface area contributed by atoms with Gasteiger partial charge in [0.25, 0.3) is 0 Å². The molecule has 0 saturated heterocycles. The molecule has 182 valence electrons. The summed E-state index contributed by atoms with van der Waals surface area (Å²) in [6, 6.07) is 12.4. The molecule has 6 heteroatoms. The van der Waals surface area contributed by atoms with Crippen molar-refractivity contribution in [3.63, 3.8) is 0 Å². The van der Waals surface area contributed by atoms with Crippen LogP contribution in [0, 0.1) is 17.6 Å². The normalized spacial score (nSPS) is 18.2. The van der Waals surface area contributed by atoms with E-state index in [-0.39, 0.29) is 17.7 Å². The van der Waals surface area contributed by atoms with Gasteiger partial charge in [0.2, 0.25) is 0 Å². The molecule has 0 amide bonds. The number of benzene rings is 3. The molecule has 0 radical (unpaired) electrons. The standard InChI is InChI=1S/C28H29F5O/c1-2-3-4-5-6-7-19-10-13-22-23(14-9-18-8-12-21(29)17-24(18)22)27(19)20-11-15-26(25(30)16-20)34-28(31,32)33/h8-9,11-12,14-17,19,27H,2-7,10,13H2,1H3/t19-,27-/m1/s1. The predicted molar refractivity (Wildman–Crippen MR) is 124 cm³/mol. The van der Waals surface area contributed by atoms with Crippen molar-refractivity contribution in [2.75, 3.05) is 0 Å². The van der Waals surface area contributed by atoms with E-state index >= 15 is 0 Å². The van der Waals surface area contributed by atoms with Gasteiger partial charge in [-0.05, 0) is 76.9 Å². The van der Waals surface area contributed by atoms with Crippen molar-refractivity contribution in [1.29, 1.82) is 0 Å². The summed E-state index contributed by atoms with van der Waals surface area (Å²) in [4.78, 5) is 0. The molecule has 0 aromatic heterocycles. The summed E-state index contributed by atoms with van der Waals surface area (Å²) < 4.78 is 70.4. The summed E-state index contributed by atoms with van der Waals surface area (Å²) in [6.07, 6.45) is 3.37. The van der Waals surface area contributed by atoms with Gasteiger partial charge >= 0.3 is 6.36 Å². The van der Waals surface area contributed by atoms with Gasteiger partial charge in [-0.15, -0.1) is 13.2 Å². The molecule has 2 atom stereocenters. The first-order valence-corrected chi connectivity index (χ1v) is 12.0. The zero-order valence-corrected chi connectivity index (χ0v) is 19.2. The summed E-state index contributed by atoms with van der Waals surface area (Å²) >= 11 is 0. The molecule has 0 N–H and O–H groups in total. The Bertz CT molecular complexity index is 1140. The van der Waals surface area contributed by atoms with Gasteiger partial charge in [-0.1, -0.05) is 63.3 Å². The van der Waals surface area contributed by atoms with E-state index in [0.717, 1.165) is 66.5 Å². The minimum absolute atomic E-state index is 0.169. The third-order valence-electron chi connectivity index (χ3n) is 6.92. The number of halogens is 5. The Labute approximate surface area is 196 Å². The van der Waals surface area contributed by atoms with Gasteiger partial charge in [-0.2, -0.15) is 0 Å². The zero-order chi connectivity index (χ0) is 24.3. The van der Waals surface area contributed by atoms with Crippen molar-refractivity contribution < 1.29 is 26.7 Å². The molecular formula is C28H29F5O. The molecule has 3 aromatic rings. The second kappa shape index (κ2) is 10.3. The zero-order valence-electron chi connectivity index (χ0n) is 19.2. The van der Waals surface area contributed by atoms with Gasteiger partial charge in [-0.3, -0.25) is 0 Å². The molecule has 1 aliphatic rings. The lowest BCUT2D eigenvalue weighted by Gasteiger charge is -2.35. The van der Waals surface area contributed by atoms with Gasteiger partial charge in [0, 0.05) is 5.92 Å². The molecule has 0 saturated carbocycles. The highest BCUT2D eigenvalue weighted by Gasteiger charge is 2.34. The quantitative estimate of drug-likeness (QED) is 0.233. The molecule has 1 nitrogen and oxygen atoms in total. The van der Waals surface area contributed by atoms with Crippen LogP contribution in [0.15, 0.2) is 48.5 Å². The summed E-state index contributed by atoms with van der Waals surface area (Å²) in [5.74, 6) is -2.11. The van der Waals surface area contributed by atoms with Crippen LogP contribution < -0.4 is 4.74 Å². The van der Waals surface area contributed by atoms with Crippen LogP contribution in [0.1, 0.15) is 74.5 Å². The summed E-state index contributed by atoms with van der Waals surface area (Å²) in [5.41, 5.74) is 2.68. The van der Waals surface area contributed by atoms with Gasteiger partial charge in [0.05, 0.1) is 0 Å². The lowest BCUT2D eigenvalue weighted by Crippen LogP contribution is -2.23. The van der Waals surface area contributed by atoms with E-state index in [1.54, 1.807) is 6.07 Å². The highest BCUT2D eigenvalue weighted by molar-refractivity contribution is 5.87. The average Bonchev–Trinajstić information content (AvgIpc) is 2.79. The van der Waals surface area contributed by atoms with E-state index in [4.69, 9.17) is 0 Å². The third-order valence-corrected chi connectivity index (χ3v) is 6.92. The van der Waals surface area contributed by atoms with Crippen molar-refractivity contribution in [3.8, 4) is 5.75 Å². The number of fused-ring (bicyclic) bond motifs is 3. The van der Waals surface area contributed by atoms with Crippen molar-refractivity contribution >= 4 is 10.8 Å². The fraction of sp³-hybridized carbons (Fsp3) is 0.429. The van der Waals surface area contributed by atoms with E-state index < -0.39 is 17.9 Å². The number of unbranched alkanes of at least 4 members (excludes halogenated alkanes) is 4. The second-order valence-corrected chi connectivity index (χ2v) is 9.22. The van der Waals surface area contributed by atoms with Crippen molar-refractivity contribution in [1.82, 2.24) is 0 Å². The van der Waals surface area contributed by atoms with Gasteiger partial charge < -0.3 is 4.74 Å². The molecule has 0 bridgehead atoms. The molecule has 0 spiro atoms. The molecular weight excluding hydrogens is 447 g/mol. The van der Waals surface area contributed by atoms with Crippen LogP contribution in [0.25, 0.3) is 10.8 Å². The molecule has 34 heavy (non-hydrogen) atoms. The Morgan fingerprint density at radius 3 is 2.41 bits per heavy atom. The van der Waals surface area contributed by atoms with Crippen molar-refractivity contribution in [2.45, 2.75) is 70.6 Å². The lowest BCUT2D eigenvalue weighted by molar-refractivity contribution is -0.275. The predicted octanol–water partition coefficient (Wildman–Crippen LogP) is 9.07. The number of rotatable bonds is 8. The lowest BCUT2D eigenvalue weighted by atomic mass is 9.69. The first-order valence-electron chi connectivity index (χ1n) is 12.0. The van der Waals surface area contributed by atoms with E-state index in [2.05, 4.69) is 11.7 Å². The first kappa shape index (κ1) is 24.5. The number of alkyl halides is 3. The van der Waals surface area contributed by atoms with E-state index in [9.17, 15) is 22.0 Å². The average molecular weight is 477 g/mol. The molecule has 1 aliphatic carbocycles. The fourth-order valence-electron chi connectivity index (χ4n) is 5.38. The molecule has 0 unspecified atom stereocenters. The second-order valence-electron chi connectivity index (χ2n) is 9.22. The Morgan fingerprint density at radius 1 is 0.912 bits per heavy atom. The van der Waals surface area contributed by atoms with E-state index in [0.29, 0.717) is 5.56 Å². The van der Waals surface area contributed by atoms with Gasteiger partial charge in [-0.25, -0.2) is 8.78 Å². The van der Waals surface area contributed by atoms with Crippen LogP contribution in [-0.4, -0.2) is 6.36 Å². The Balaban J connectivity index is 1.71. The van der Waals surface area contributed by atoms with Crippen LogP contribution in [-0.2, 0) is 6.42 Å². The molecule has 0 fully saturated rings. The topological polar surface area (TPSA) is 9.23 Å². The first-order chi connectivity index (χ1) is 16.3. The fourth-order valence-corrected chi connectivity index (χ4v) is 5.38. The maximum atomic E-state index is 14.7. The minimum atomic E-state index is -4.95. The maximum absolute atomic E-state index is 14.7. The molecule has 4 rings (SSSR count). The Morgan fingerprint density at radius 2 is 1.68 bits per heavy atom. The number of hydrogen-bond acceptors (Lipinski definition) is 1. The number of aryl methyl sites for hydroxylation is 1. The van der Waals surface area contributed by atoms with Crippen LogP contribution >= 0.6 is 0 Å². The summed E-state index contributed by atoms with van der Waals surface area (Å²) in [6.45, 7) is 2.17. The summed E-state index contributed by atoms with van der Waals surface area (Å²) in [5, 5.41) is 1.79. The molecule has 0 aliphatic heterocycles. The Kier molecular flexibility index (Phi) is 7.44. The maximum Gasteiger partial charge on any atom is 0.573 e. The molecule has 0 heterocycles. The number of ether oxygens (including phenoxy) is 1. The number of hydrogen-bond donors (Lipinski definition) is 0. The third kappa shape index (κ3) is 5.53.